The highest BCUT2D eigenvalue weighted by Crippen LogP contribution is 2.24. The molecule has 98 valence electrons. The second kappa shape index (κ2) is 7.40. The van der Waals surface area contributed by atoms with Gasteiger partial charge in [-0.2, -0.15) is 0 Å². The van der Waals surface area contributed by atoms with Crippen molar-refractivity contribution in [1.82, 2.24) is 0 Å². The molecule has 3 nitrogen and oxygen atoms in total. The van der Waals surface area contributed by atoms with E-state index in [-0.39, 0.29) is 0 Å². The molecule has 0 unspecified atom stereocenters. The summed E-state index contributed by atoms with van der Waals surface area (Å²) in [7, 11) is 1.23. The Kier molecular flexibility index (Phi) is 5.82. The fourth-order valence-electron chi connectivity index (χ4n) is 2.86. The van der Waals surface area contributed by atoms with E-state index in [0.29, 0.717) is 12.2 Å². The van der Waals surface area contributed by atoms with Crippen LogP contribution in [0.3, 0.4) is 0 Å². The molecule has 0 N–H and O–H groups in total. The Labute approximate surface area is 105 Å². The SMILES string of the molecule is COB(OC1CCCCC1)OC1CCCCC1. The van der Waals surface area contributed by atoms with Crippen molar-refractivity contribution in [3.8, 4) is 0 Å². The third kappa shape index (κ3) is 4.61. The maximum absolute atomic E-state index is 5.90. The molecule has 0 atom stereocenters. The van der Waals surface area contributed by atoms with Crippen molar-refractivity contribution in [3.05, 3.63) is 0 Å². The second-order valence-corrected chi connectivity index (χ2v) is 5.32. The minimum absolute atomic E-state index is 0.345. The van der Waals surface area contributed by atoms with Gasteiger partial charge in [-0.3, -0.25) is 0 Å². The molecule has 2 aliphatic rings. The summed E-state index contributed by atoms with van der Waals surface area (Å²) in [5, 5.41) is 0. The highest BCUT2D eigenvalue weighted by molar-refractivity contribution is 6.36. The molecule has 2 rings (SSSR count). The van der Waals surface area contributed by atoms with E-state index in [1.54, 1.807) is 7.11 Å². The summed E-state index contributed by atoms with van der Waals surface area (Å²) in [5.74, 6) is 0. The molecule has 0 amide bonds. The van der Waals surface area contributed by atoms with E-state index in [1.165, 1.54) is 38.5 Å². The van der Waals surface area contributed by atoms with Gasteiger partial charge < -0.3 is 14.0 Å². The van der Waals surface area contributed by atoms with Crippen LogP contribution in [0.1, 0.15) is 64.2 Å². The average Bonchev–Trinajstić information content (AvgIpc) is 2.40. The molecular formula is C13H25BO3. The molecule has 0 aliphatic heterocycles. The molecule has 0 spiro atoms. The van der Waals surface area contributed by atoms with Crippen LogP contribution in [-0.2, 0) is 14.0 Å². The maximum Gasteiger partial charge on any atom is 0.639 e. The second-order valence-electron chi connectivity index (χ2n) is 5.32. The molecule has 2 saturated carbocycles. The van der Waals surface area contributed by atoms with Gasteiger partial charge in [0.2, 0.25) is 0 Å². The van der Waals surface area contributed by atoms with E-state index in [1.807, 2.05) is 0 Å². The fourth-order valence-corrected chi connectivity index (χ4v) is 2.86. The van der Waals surface area contributed by atoms with E-state index in [9.17, 15) is 0 Å². The Balaban J connectivity index is 1.71. The summed E-state index contributed by atoms with van der Waals surface area (Å²) in [6.07, 6.45) is 13.2. The normalized spacial score (nSPS) is 23.8. The summed E-state index contributed by atoms with van der Waals surface area (Å²) < 4.78 is 17.1. The Bertz CT molecular complexity index is 181. The predicted molar refractivity (Wildman–Crippen MR) is 68.7 cm³/mol. The molecule has 0 aromatic rings. The van der Waals surface area contributed by atoms with Gasteiger partial charge in [-0.05, 0) is 25.7 Å². The predicted octanol–water partition coefficient (Wildman–Crippen LogP) is 3.32. The fraction of sp³-hybridized carbons (Fsp3) is 1.00. The van der Waals surface area contributed by atoms with Gasteiger partial charge in [0.25, 0.3) is 0 Å². The first-order valence-corrected chi connectivity index (χ1v) is 7.22. The molecule has 2 aliphatic carbocycles. The Hall–Kier alpha value is -0.0551. The van der Waals surface area contributed by atoms with Crippen LogP contribution in [0.15, 0.2) is 0 Å². The number of rotatable bonds is 5. The molecule has 0 aromatic heterocycles. The van der Waals surface area contributed by atoms with Crippen LogP contribution in [0, 0.1) is 0 Å². The third-order valence-corrected chi connectivity index (χ3v) is 3.90. The summed E-state index contributed by atoms with van der Waals surface area (Å²) in [5.41, 5.74) is 0. The first-order chi connectivity index (χ1) is 8.38. The van der Waals surface area contributed by atoms with Gasteiger partial charge >= 0.3 is 7.32 Å². The molecule has 0 saturated heterocycles. The van der Waals surface area contributed by atoms with Gasteiger partial charge in [-0.1, -0.05) is 38.5 Å². The lowest BCUT2D eigenvalue weighted by molar-refractivity contribution is 0.0188. The van der Waals surface area contributed by atoms with Crippen molar-refractivity contribution in [2.45, 2.75) is 76.4 Å². The molecule has 17 heavy (non-hydrogen) atoms. The van der Waals surface area contributed by atoms with Crippen LogP contribution >= 0.6 is 0 Å². The lowest BCUT2D eigenvalue weighted by Crippen LogP contribution is -2.36. The molecule has 0 radical (unpaired) electrons. The van der Waals surface area contributed by atoms with Crippen LogP contribution in [0.4, 0.5) is 0 Å². The monoisotopic (exact) mass is 240 g/mol. The summed E-state index contributed by atoms with van der Waals surface area (Å²) in [4.78, 5) is 0. The Morgan fingerprint density at radius 2 is 1.12 bits per heavy atom. The van der Waals surface area contributed by atoms with Gasteiger partial charge in [0, 0.05) is 19.3 Å². The van der Waals surface area contributed by atoms with Crippen LogP contribution in [0.5, 0.6) is 0 Å². The quantitative estimate of drug-likeness (QED) is 0.690. The average molecular weight is 240 g/mol. The van der Waals surface area contributed by atoms with Gasteiger partial charge in [0.15, 0.2) is 0 Å². The van der Waals surface area contributed by atoms with Crippen molar-refractivity contribution in [2.75, 3.05) is 7.11 Å². The summed E-state index contributed by atoms with van der Waals surface area (Å²) in [6.45, 7) is 0. The molecule has 2 fully saturated rings. The van der Waals surface area contributed by atoms with Gasteiger partial charge in [0.05, 0.1) is 0 Å². The van der Waals surface area contributed by atoms with E-state index in [2.05, 4.69) is 0 Å². The highest BCUT2D eigenvalue weighted by Gasteiger charge is 2.29. The molecule has 0 aromatic carbocycles. The molecule has 4 heteroatoms. The van der Waals surface area contributed by atoms with E-state index in [4.69, 9.17) is 14.0 Å². The Morgan fingerprint density at radius 1 is 0.706 bits per heavy atom. The van der Waals surface area contributed by atoms with Gasteiger partial charge in [-0.25, -0.2) is 0 Å². The van der Waals surface area contributed by atoms with Crippen molar-refractivity contribution in [1.29, 1.82) is 0 Å². The van der Waals surface area contributed by atoms with Crippen molar-refractivity contribution in [3.63, 3.8) is 0 Å². The summed E-state index contributed by atoms with van der Waals surface area (Å²) in [6, 6.07) is 0. The standard InChI is InChI=1S/C13H25BO3/c1-15-14(16-12-8-4-2-5-9-12)17-13-10-6-3-7-11-13/h12-13H,2-11H2,1H3. The largest absolute Gasteiger partial charge is 0.639 e. The van der Waals surface area contributed by atoms with Crippen molar-refractivity contribution in [2.24, 2.45) is 0 Å². The van der Waals surface area contributed by atoms with Gasteiger partial charge in [-0.15, -0.1) is 0 Å². The first kappa shape index (κ1) is 13.4. The van der Waals surface area contributed by atoms with E-state index < -0.39 is 7.32 Å². The van der Waals surface area contributed by atoms with Crippen LogP contribution in [0.25, 0.3) is 0 Å². The van der Waals surface area contributed by atoms with Crippen molar-refractivity contribution < 1.29 is 14.0 Å². The summed E-state index contributed by atoms with van der Waals surface area (Å²) >= 11 is 0. The number of hydrogen-bond donors (Lipinski definition) is 0. The lowest BCUT2D eigenvalue weighted by atomic mass is 9.95. The Morgan fingerprint density at radius 3 is 1.47 bits per heavy atom. The van der Waals surface area contributed by atoms with Crippen LogP contribution in [0.2, 0.25) is 0 Å². The number of hydrogen-bond acceptors (Lipinski definition) is 3. The molecule has 0 bridgehead atoms. The van der Waals surface area contributed by atoms with Crippen molar-refractivity contribution >= 4 is 7.32 Å². The van der Waals surface area contributed by atoms with E-state index in [0.717, 1.165) is 25.7 Å². The highest BCUT2D eigenvalue weighted by atomic mass is 16.7. The minimum Gasteiger partial charge on any atom is -0.389 e. The van der Waals surface area contributed by atoms with Crippen LogP contribution < -0.4 is 0 Å². The molecule has 0 heterocycles. The van der Waals surface area contributed by atoms with E-state index >= 15 is 0 Å². The topological polar surface area (TPSA) is 27.7 Å². The third-order valence-electron chi connectivity index (χ3n) is 3.90. The zero-order chi connectivity index (χ0) is 11.9. The minimum atomic E-state index is -0.443. The maximum atomic E-state index is 5.90. The zero-order valence-corrected chi connectivity index (χ0v) is 11.0. The smallest absolute Gasteiger partial charge is 0.389 e. The van der Waals surface area contributed by atoms with Gasteiger partial charge in [0.1, 0.15) is 0 Å². The zero-order valence-electron chi connectivity index (χ0n) is 11.0. The van der Waals surface area contributed by atoms with Crippen LogP contribution in [-0.4, -0.2) is 26.6 Å². The molecular weight excluding hydrogens is 215 g/mol. The first-order valence-electron chi connectivity index (χ1n) is 7.22. The lowest BCUT2D eigenvalue weighted by Gasteiger charge is -2.28.